The van der Waals surface area contributed by atoms with Crippen LogP contribution in [0.1, 0.15) is 11.3 Å². The standard InChI is InChI=1S/C22H20Cl2N4O/c23-12-18(29)10-3-14-1-8-17(9-2-14)27-13-20-22(19(25)11-21(26)28-20)15-4-6-16(24)7-5-15/h1-11,27H,12-13H2,(H4,25,26,28). The van der Waals surface area contributed by atoms with Gasteiger partial charge in [0.15, 0.2) is 5.78 Å². The smallest absolute Gasteiger partial charge is 0.170 e. The van der Waals surface area contributed by atoms with Crippen molar-refractivity contribution in [1.29, 1.82) is 0 Å². The van der Waals surface area contributed by atoms with Crippen LogP contribution in [0.15, 0.2) is 60.7 Å². The Kier molecular flexibility index (Phi) is 6.75. The molecule has 7 heteroatoms. The van der Waals surface area contributed by atoms with Gasteiger partial charge in [0.05, 0.1) is 18.1 Å². The summed E-state index contributed by atoms with van der Waals surface area (Å²) in [7, 11) is 0. The van der Waals surface area contributed by atoms with E-state index in [1.54, 1.807) is 12.1 Å². The second-order valence-electron chi connectivity index (χ2n) is 6.37. The second-order valence-corrected chi connectivity index (χ2v) is 7.08. The molecule has 5 N–H and O–H groups in total. The van der Waals surface area contributed by atoms with Gasteiger partial charge in [0, 0.05) is 28.0 Å². The molecule has 29 heavy (non-hydrogen) atoms. The molecule has 2 aromatic carbocycles. The van der Waals surface area contributed by atoms with Gasteiger partial charge in [-0.3, -0.25) is 4.79 Å². The van der Waals surface area contributed by atoms with Crippen LogP contribution in [-0.4, -0.2) is 16.6 Å². The zero-order valence-corrected chi connectivity index (χ0v) is 17.0. The number of nitrogen functional groups attached to an aromatic ring is 2. The molecule has 0 unspecified atom stereocenters. The number of nitrogens with two attached hydrogens (primary N) is 2. The number of ketones is 1. The number of benzene rings is 2. The zero-order valence-electron chi connectivity index (χ0n) is 15.5. The first-order chi connectivity index (χ1) is 14.0. The third kappa shape index (κ3) is 5.50. The maximum Gasteiger partial charge on any atom is 0.170 e. The van der Waals surface area contributed by atoms with Crippen LogP contribution >= 0.6 is 23.2 Å². The predicted molar refractivity (Wildman–Crippen MR) is 122 cm³/mol. The van der Waals surface area contributed by atoms with Gasteiger partial charge in [0.25, 0.3) is 0 Å². The van der Waals surface area contributed by atoms with Crippen LogP contribution in [0.4, 0.5) is 17.2 Å². The van der Waals surface area contributed by atoms with Crippen LogP contribution in [-0.2, 0) is 11.3 Å². The SMILES string of the molecule is Nc1cc(N)c(-c2ccc(Cl)cc2)c(CNc2ccc(C=CC(=O)CCl)cc2)n1. The van der Waals surface area contributed by atoms with E-state index in [0.717, 1.165) is 28.1 Å². The molecule has 0 saturated carbocycles. The number of hydrogen-bond donors (Lipinski definition) is 3. The van der Waals surface area contributed by atoms with E-state index in [1.165, 1.54) is 6.08 Å². The maximum atomic E-state index is 11.3. The molecular formula is C22H20Cl2N4O. The van der Waals surface area contributed by atoms with E-state index in [1.807, 2.05) is 48.5 Å². The van der Waals surface area contributed by atoms with E-state index in [-0.39, 0.29) is 11.7 Å². The summed E-state index contributed by atoms with van der Waals surface area (Å²) >= 11 is 11.5. The average molecular weight is 427 g/mol. The van der Waals surface area contributed by atoms with Gasteiger partial charge in [-0.05, 0) is 41.5 Å². The van der Waals surface area contributed by atoms with Crippen molar-refractivity contribution in [3.8, 4) is 11.1 Å². The lowest BCUT2D eigenvalue weighted by molar-refractivity contribution is -0.112. The molecule has 0 radical (unpaired) electrons. The summed E-state index contributed by atoms with van der Waals surface area (Å²) in [5.74, 6) is 0.206. The molecule has 0 atom stereocenters. The number of pyridine rings is 1. The minimum Gasteiger partial charge on any atom is -0.398 e. The van der Waals surface area contributed by atoms with E-state index >= 15 is 0 Å². The topological polar surface area (TPSA) is 94.0 Å². The van der Waals surface area contributed by atoms with E-state index < -0.39 is 0 Å². The first kappa shape index (κ1) is 20.7. The highest BCUT2D eigenvalue weighted by molar-refractivity contribution is 6.30. The van der Waals surface area contributed by atoms with Gasteiger partial charge in [0.2, 0.25) is 0 Å². The van der Waals surface area contributed by atoms with Crippen LogP contribution < -0.4 is 16.8 Å². The summed E-state index contributed by atoms with van der Waals surface area (Å²) in [5, 5.41) is 3.98. The second kappa shape index (κ2) is 9.45. The zero-order chi connectivity index (χ0) is 20.8. The molecule has 0 bridgehead atoms. The highest BCUT2D eigenvalue weighted by Gasteiger charge is 2.12. The lowest BCUT2D eigenvalue weighted by Gasteiger charge is -2.14. The Bertz CT molecular complexity index is 1030. The molecule has 0 amide bonds. The molecule has 0 fully saturated rings. The Labute approximate surface area is 179 Å². The number of alkyl halides is 1. The number of rotatable bonds is 7. The van der Waals surface area contributed by atoms with Crippen LogP contribution in [0, 0.1) is 0 Å². The fraction of sp³-hybridized carbons (Fsp3) is 0.0909. The Balaban J connectivity index is 1.79. The number of allylic oxidation sites excluding steroid dienone is 1. The molecule has 0 saturated heterocycles. The number of hydrogen-bond acceptors (Lipinski definition) is 5. The molecule has 0 aliphatic heterocycles. The molecule has 3 aromatic rings. The van der Waals surface area contributed by atoms with Crippen molar-refractivity contribution in [1.82, 2.24) is 4.98 Å². The highest BCUT2D eigenvalue weighted by atomic mass is 35.5. The van der Waals surface area contributed by atoms with Crippen molar-refractivity contribution in [3.63, 3.8) is 0 Å². The van der Waals surface area contributed by atoms with Crippen molar-refractivity contribution in [2.45, 2.75) is 6.54 Å². The summed E-state index contributed by atoms with van der Waals surface area (Å²) in [5.41, 5.74) is 17.0. The lowest BCUT2D eigenvalue weighted by atomic mass is 10.0. The number of nitrogens with zero attached hydrogens (tertiary/aromatic N) is 1. The largest absolute Gasteiger partial charge is 0.398 e. The van der Waals surface area contributed by atoms with Crippen molar-refractivity contribution >= 4 is 52.3 Å². The van der Waals surface area contributed by atoms with E-state index in [9.17, 15) is 4.79 Å². The number of halogens is 2. The fourth-order valence-electron chi connectivity index (χ4n) is 2.85. The number of nitrogens with one attached hydrogen (secondary N) is 1. The molecule has 5 nitrogen and oxygen atoms in total. The van der Waals surface area contributed by atoms with Gasteiger partial charge in [0.1, 0.15) is 5.82 Å². The average Bonchev–Trinajstić information content (AvgIpc) is 2.72. The highest BCUT2D eigenvalue weighted by Crippen LogP contribution is 2.31. The third-order valence-electron chi connectivity index (χ3n) is 4.24. The van der Waals surface area contributed by atoms with E-state index in [0.29, 0.717) is 23.1 Å². The Morgan fingerprint density at radius 3 is 2.41 bits per heavy atom. The van der Waals surface area contributed by atoms with Crippen LogP contribution in [0.25, 0.3) is 17.2 Å². The van der Waals surface area contributed by atoms with E-state index in [4.69, 9.17) is 34.7 Å². The molecule has 148 valence electrons. The van der Waals surface area contributed by atoms with Crippen molar-refractivity contribution in [2.75, 3.05) is 22.7 Å². The summed E-state index contributed by atoms with van der Waals surface area (Å²) in [6.07, 6.45) is 3.19. The first-order valence-electron chi connectivity index (χ1n) is 8.88. The molecule has 3 rings (SSSR count). The van der Waals surface area contributed by atoms with Gasteiger partial charge in [-0.25, -0.2) is 4.98 Å². The fourth-order valence-corrected chi connectivity index (χ4v) is 3.07. The lowest BCUT2D eigenvalue weighted by Crippen LogP contribution is -2.08. The normalized spacial score (nSPS) is 11.0. The Morgan fingerprint density at radius 2 is 1.76 bits per heavy atom. The van der Waals surface area contributed by atoms with Crippen LogP contribution in [0.5, 0.6) is 0 Å². The third-order valence-corrected chi connectivity index (χ3v) is 4.76. The Morgan fingerprint density at radius 1 is 1.07 bits per heavy atom. The summed E-state index contributed by atoms with van der Waals surface area (Å²) in [4.78, 5) is 15.7. The molecular weight excluding hydrogens is 407 g/mol. The number of anilines is 3. The molecule has 0 spiro atoms. The first-order valence-corrected chi connectivity index (χ1v) is 9.79. The van der Waals surface area contributed by atoms with Gasteiger partial charge >= 0.3 is 0 Å². The number of carbonyl (C=O) groups is 1. The molecule has 1 aromatic heterocycles. The van der Waals surface area contributed by atoms with Gasteiger partial charge in [-0.15, -0.1) is 11.6 Å². The summed E-state index contributed by atoms with van der Waals surface area (Å²) in [6, 6.07) is 16.7. The monoisotopic (exact) mass is 426 g/mol. The van der Waals surface area contributed by atoms with Crippen molar-refractivity contribution in [3.05, 3.63) is 77.0 Å². The minimum atomic E-state index is -0.131. The molecule has 0 aliphatic carbocycles. The van der Waals surface area contributed by atoms with Crippen LogP contribution in [0.3, 0.4) is 0 Å². The van der Waals surface area contributed by atoms with Crippen LogP contribution in [0.2, 0.25) is 5.02 Å². The quantitative estimate of drug-likeness (QED) is 0.365. The summed E-state index contributed by atoms with van der Waals surface area (Å²) in [6.45, 7) is 0.438. The van der Waals surface area contributed by atoms with Gasteiger partial charge in [-0.2, -0.15) is 0 Å². The number of carbonyl (C=O) groups excluding carboxylic acids is 1. The maximum absolute atomic E-state index is 11.3. The van der Waals surface area contributed by atoms with Gasteiger partial charge < -0.3 is 16.8 Å². The Hall–Kier alpha value is -3.02. The number of aromatic nitrogens is 1. The molecule has 1 heterocycles. The van der Waals surface area contributed by atoms with Crippen molar-refractivity contribution < 1.29 is 4.79 Å². The van der Waals surface area contributed by atoms with E-state index in [2.05, 4.69) is 10.3 Å². The van der Waals surface area contributed by atoms with Gasteiger partial charge in [-0.1, -0.05) is 41.9 Å². The summed E-state index contributed by atoms with van der Waals surface area (Å²) < 4.78 is 0. The predicted octanol–water partition coefficient (Wildman–Crippen LogP) is 5.00. The molecule has 0 aliphatic rings. The minimum absolute atomic E-state index is 0.0254. The van der Waals surface area contributed by atoms with Crippen molar-refractivity contribution in [2.24, 2.45) is 0 Å².